The van der Waals surface area contributed by atoms with Gasteiger partial charge >= 0.3 is 0 Å². The maximum atomic E-state index is 14.2. The fourth-order valence-electron chi connectivity index (χ4n) is 4.57. The Morgan fingerprint density at radius 3 is 2.60 bits per heavy atom. The first-order valence-electron chi connectivity index (χ1n) is 9.70. The summed E-state index contributed by atoms with van der Waals surface area (Å²) < 4.78 is 20.3. The molecule has 2 aliphatic rings. The quantitative estimate of drug-likeness (QED) is 0.797. The van der Waals surface area contributed by atoms with Gasteiger partial charge in [-0.2, -0.15) is 5.10 Å². The van der Waals surface area contributed by atoms with Crippen LogP contribution < -0.4 is 10.5 Å². The Labute approximate surface area is 148 Å². The van der Waals surface area contributed by atoms with Crippen LogP contribution in [0.15, 0.2) is 12.1 Å². The predicted molar refractivity (Wildman–Crippen MR) is 98.0 cm³/mol. The number of nitrogens with one attached hydrogen (secondary N) is 1. The van der Waals surface area contributed by atoms with Crippen molar-refractivity contribution in [2.45, 2.75) is 64.4 Å². The normalized spacial score (nSPS) is 25.7. The van der Waals surface area contributed by atoms with Crippen LogP contribution >= 0.6 is 0 Å². The molecule has 1 aromatic carbocycles. The van der Waals surface area contributed by atoms with E-state index in [0.29, 0.717) is 22.6 Å². The van der Waals surface area contributed by atoms with Crippen molar-refractivity contribution in [1.82, 2.24) is 10.2 Å². The predicted octanol–water partition coefficient (Wildman–Crippen LogP) is 5.05. The van der Waals surface area contributed by atoms with E-state index in [1.54, 1.807) is 6.07 Å². The third-order valence-electron chi connectivity index (χ3n) is 6.38. The minimum atomic E-state index is -0.379. The van der Waals surface area contributed by atoms with Gasteiger partial charge in [-0.05, 0) is 43.9 Å². The van der Waals surface area contributed by atoms with E-state index in [4.69, 9.17) is 10.5 Å². The van der Waals surface area contributed by atoms with Crippen molar-refractivity contribution in [3.05, 3.63) is 17.9 Å². The molecule has 25 heavy (non-hydrogen) atoms. The largest absolute Gasteiger partial charge is 0.490 e. The Balaban J connectivity index is 1.35. The van der Waals surface area contributed by atoms with Gasteiger partial charge in [-0.25, -0.2) is 4.39 Å². The number of benzene rings is 1. The average molecular weight is 345 g/mol. The summed E-state index contributed by atoms with van der Waals surface area (Å²) in [6.45, 7) is 2.11. The van der Waals surface area contributed by atoms with Gasteiger partial charge < -0.3 is 10.5 Å². The van der Waals surface area contributed by atoms with Crippen LogP contribution in [-0.2, 0) is 0 Å². The molecule has 1 atom stereocenters. The molecule has 0 bridgehead atoms. The zero-order chi connectivity index (χ0) is 17.4. The molecular formula is C20H28FN3O. The van der Waals surface area contributed by atoms with Crippen molar-refractivity contribution in [2.75, 3.05) is 5.73 Å². The van der Waals surface area contributed by atoms with Crippen molar-refractivity contribution in [1.29, 1.82) is 0 Å². The third kappa shape index (κ3) is 3.46. The van der Waals surface area contributed by atoms with E-state index in [-0.39, 0.29) is 17.7 Å². The number of aromatic amines is 1. The first-order valence-corrected chi connectivity index (χ1v) is 9.70. The summed E-state index contributed by atoms with van der Waals surface area (Å²) in [7, 11) is 0. The molecule has 0 unspecified atom stereocenters. The van der Waals surface area contributed by atoms with Gasteiger partial charge in [0.1, 0.15) is 22.9 Å². The molecule has 0 aliphatic heterocycles. The van der Waals surface area contributed by atoms with Gasteiger partial charge in [0.25, 0.3) is 0 Å². The van der Waals surface area contributed by atoms with Crippen LogP contribution in [0.1, 0.15) is 58.3 Å². The van der Waals surface area contributed by atoms with E-state index in [2.05, 4.69) is 17.1 Å². The molecular weight excluding hydrogens is 317 g/mol. The number of nitrogens with zero attached hydrogens (tertiary/aromatic N) is 1. The number of aromatic nitrogens is 2. The summed E-state index contributed by atoms with van der Waals surface area (Å²) in [5, 5.41) is 7.01. The second-order valence-corrected chi connectivity index (χ2v) is 8.07. The number of rotatable bonds is 5. The molecule has 1 aromatic heterocycles. The number of ether oxygens (including phenoxy) is 1. The first-order chi connectivity index (χ1) is 12.1. The first kappa shape index (κ1) is 16.7. The SMILES string of the molecule is C[C@H](Oc1cc(F)c2c(N)[nH]nc2c1)C1CCC(CC2CCC2)CC1. The lowest BCUT2D eigenvalue weighted by atomic mass is 9.72. The van der Waals surface area contributed by atoms with Crippen molar-refractivity contribution in [2.24, 2.45) is 17.8 Å². The monoisotopic (exact) mass is 345 g/mol. The zero-order valence-corrected chi connectivity index (χ0v) is 14.9. The Kier molecular flexibility index (Phi) is 4.57. The van der Waals surface area contributed by atoms with E-state index in [9.17, 15) is 4.39 Å². The van der Waals surface area contributed by atoms with Crippen LogP contribution in [-0.4, -0.2) is 16.3 Å². The molecule has 2 aromatic rings. The minimum Gasteiger partial charge on any atom is -0.490 e. The van der Waals surface area contributed by atoms with Crippen LogP contribution in [0.25, 0.3) is 10.9 Å². The number of H-pyrrole nitrogens is 1. The Morgan fingerprint density at radius 2 is 1.92 bits per heavy atom. The molecule has 1 heterocycles. The highest BCUT2D eigenvalue weighted by Crippen LogP contribution is 2.40. The summed E-state index contributed by atoms with van der Waals surface area (Å²) in [4.78, 5) is 0. The second kappa shape index (κ2) is 6.85. The van der Waals surface area contributed by atoms with Gasteiger partial charge in [0.15, 0.2) is 0 Å². The van der Waals surface area contributed by atoms with Crippen LogP contribution in [0.5, 0.6) is 5.75 Å². The molecule has 2 aliphatic carbocycles. The topological polar surface area (TPSA) is 63.9 Å². The molecule has 0 saturated heterocycles. The molecule has 0 spiro atoms. The fourth-order valence-corrected chi connectivity index (χ4v) is 4.57. The number of nitrogen functional groups attached to an aromatic ring is 1. The van der Waals surface area contributed by atoms with E-state index < -0.39 is 0 Å². The number of anilines is 1. The van der Waals surface area contributed by atoms with Crippen molar-refractivity contribution >= 4 is 16.7 Å². The van der Waals surface area contributed by atoms with Gasteiger partial charge in [-0.15, -0.1) is 0 Å². The Morgan fingerprint density at radius 1 is 1.20 bits per heavy atom. The van der Waals surface area contributed by atoms with Crippen molar-refractivity contribution in [3.8, 4) is 5.75 Å². The van der Waals surface area contributed by atoms with E-state index in [0.717, 1.165) is 11.8 Å². The van der Waals surface area contributed by atoms with E-state index in [1.807, 2.05) is 0 Å². The summed E-state index contributed by atoms with van der Waals surface area (Å²) in [5.41, 5.74) is 6.23. The molecule has 4 nitrogen and oxygen atoms in total. The lowest BCUT2D eigenvalue weighted by molar-refractivity contribution is 0.0982. The standard InChI is InChI=1S/C20H28FN3O/c1-12(15-7-5-14(6-8-15)9-13-3-2-4-13)25-16-10-17(21)19-18(11-16)23-24-20(19)22/h10-15H,2-9H2,1H3,(H3,22,23,24)/t12-,14?,15?/m0/s1. The highest BCUT2D eigenvalue weighted by atomic mass is 19.1. The number of halogens is 1. The Hall–Kier alpha value is -1.78. The van der Waals surface area contributed by atoms with Gasteiger partial charge in [-0.3, -0.25) is 5.10 Å². The van der Waals surface area contributed by atoms with Gasteiger partial charge in [0.05, 0.1) is 11.5 Å². The average Bonchev–Trinajstić information content (AvgIpc) is 2.93. The van der Waals surface area contributed by atoms with Crippen LogP contribution in [0.2, 0.25) is 0 Å². The molecule has 5 heteroatoms. The van der Waals surface area contributed by atoms with Crippen LogP contribution in [0.4, 0.5) is 10.2 Å². The fraction of sp³-hybridized carbons (Fsp3) is 0.650. The number of fused-ring (bicyclic) bond motifs is 1. The van der Waals surface area contributed by atoms with Gasteiger partial charge in [-0.1, -0.05) is 32.1 Å². The zero-order valence-electron chi connectivity index (χ0n) is 14.9. The highest BCUT2D eigenvalue weighted by Gasteiger charge is 2.29. The molecule has 2 saturated carbocycles. The smallest absolute Gasteiger partial charge is 0.140 e. The van der Waals surface area contributed by atoms with E-state index in [1.165, 1.54) is 57.4 Å². The maximum Gasteiger partial charge on any atom is 0.140 e. The maximum absolute atomic E-state index is 14.2. The van der Waals surface area contributed by atoms with Crippen LogP contribution in [0.3, 0.4) is 0 Å². The number of nitrogens with two attached hydrogens (primary N) is 1. The minimum absolute atomic E-state index is 0.0952. The molecule has 136 valence electrons. The number of hydrogen-bond acceptors (Lipinski definition) is 3. The van der Waals surface area contributed by atoms with Gasteiger partial charge in [0.2, 0.25) is 0 Å². The third-order valence-corrected chi connectivity index (χ3v) is 6.38. The lowest BCUT2D eigenvalue weighted by Gasteiger charge is -2.36. The molecule has 3 N–H and O–H groups in total. The van der Waals surface area contributed by atoms with E-state index >= 15 is 0 Å². The van der Waals surface area contributed by atoms with Crippen molar-refractivity contribution in [3.63, 3.8) is 0 Å². The molecule has 0 amide bonds. The molecule has 4 rings (SSSR count). The van der Waals surface area contributed by atoms with Gasteiger partial charge in [0, 0.05) is 12.1 Å². The Bertz CT molecular complexity index is 732. The summed E-state index contributed by atoms with van der Waals surface area (Å²) >= 11 is 0. The summed E-state index contributed by atoms with van der Waals surface area (Å²) in [5.74, 6) is 2.90. The molecule has 2 fully saturated rings. The highest BCUT2D eigenvalue weighted by molar-refractivity contribution is 5.90. The van der Waals surface area contributed by atoms with Crippen LogP contribution in [0, 0.1) is 23.6 Å². The van der Waals surface area contributed by atoms with Crippen molar-refractivity contribution < 1.29 is 9.13 Å². The number of hydrogen-bond donors (Lipinski definition) is 2. The summed E-state index contributed by atoms with van der Waals surface area (Å²) in [6.07, 6.45) is 10.9. The lowest BCUT2D eigenvalue weighted by Crippen LogP contribution is -2.29. The summed E-state index contributed by atoms with van der Waals surface area (Å²) in [6, 6.07) is 3.19. The second-order valence-electron chi connectivity index (χ2n) is 8.07. The molecule has 0 radical (unpaired) electrons.